The van der Waals surface area contributed by atoms with E-state index in [2.05, 4.69) is 0 Å². The molecule has 1 aliphatic carbocycles. The lowest BCUT2D eigenvalue weighted by Gasteiger charge is -2.27. The van der Waals surface area contributed by atoms with Gasteiger partial charge in [-0.25, -0.2) is 4.90 Å². The SMILES string of the molecule is COc1ccc(N2C(=O)[C@H]3CC=CC[C@@]3(C)C2=O)cc1. The molecule has 0 N–H and O–H groups in total. The van der Waals surface area contributed by atoms with Crippen LogP contribution in [-0.2, 0) is 9.59 Å². The maximum atomic E-state index is 12.7. The minimum Gasteiger partial charge on any atom is -0.497 e. The second kappa shape index (κ2) is 4.47. The minimum atomic E-state index is -0.592. The maximum absolute atomic E-state index is 12.7. The molecule has 0 unspecified atom stereocenters. The van der Waals surface area contributed by atoms with Gasteiger partial charge >= 0.3 is 0 Å². The first-order chi connectivity index (χ1) is 9.58. The van der Waals surface area contributed by atoms with Crippen LogP contribution in [0.5, 0.6) is 5.75 Å². The molecule has 0 bridgehead atoms. The largest absolute Gasteiger partial charge is 0.497 e. The number of amides is 2. The summed E-state index contributed by atoms with van der Waals surface area (Å²) in [5.74, 6) is 0.286. The van der Waals surface area contributed by atoms with E-state index in [9.17, 15) is 9.59 Å². The molecule has 0 saturated carbocycles. The predicted molar refractivity (Wildman–Crippen MR) is 75.5 cm³/mol. The van der Waals surface area contributed by atoms with Crippen molar-refractivity contribution in [1.82, 2.24) is 0 Å². The first-order valence-electron chi connectivity index (χ1n) is 6.75. The molecule has 0 radical (unpaired) electrons. The molecule has 4 heteroatoms. The highest BCUT2D eigenvalue weighted by Gasteiger charge is 2.56. The Morgan fingerprint density at radius 1 is 1.20 bits per heavy atom. The zero-order chi connectivity index (χ0) is 14.3. The summed E-state index contributed by atoms with van der Waals surface area (Å²) in [6, 6.07) is 7.03. The van der Waals surface area contributed by atoms with E-state index in [-0.39, 0.29) is 17.7 Å². The van der Waals surface area contributed by atoms with Crippen molar-refractivity contribution in [3.8, 4) is 5.75 Å². The smallest absolute Gasteiger partial charge is 0.240 e. The molecule has 3 rings (SSSR count). The Labute approximate surface area is 118 Å². The molecule has 1 fully saturated rings. The lowest BCUT2D eigenvalue weighted by Crippen LogP contribution is -2.34. The normalized spacial score (nSPS) is 28.7. The molecule has 1 aromatic rings. The van der Waals surface area contributed by atoms with Crippen molar-refractivity contribution in [2.75, 3.05) is 12.0 Å². The molecule has 1 aliphatic heterocycles. The van der Waals surface area contributed by atoms with Crippen LogP contribution in [0.25, 0.3) is 0 Å². The third kappa shape index (κ3) is 1.68. The number of allylic oxidation sites excluding steroid dienone is 2. The quantitative estimate of drug-likeness (QED) is 0.613. The van der Waals surface area contributed by atoms with Gasteiger partial charge in [-0.2, -0.15) is 0 Å². The third-order valence-electron chi connectivity index (χ3n) is 4.39. The standard InChI is InChI=1S/C16H17NO3/c1-16-10-4-3-5-13(16)14(18)17(15(16)19)11-6-8-12(20-2)9-7-11/h3-4,6-9,13H,5,10H2,1-2H3/t13-,16-/m1/s1. The first kappa shape index (κ1) is 12.9. The Hall–Kier alpha value is -2.10. The summed E-state index contributed by atoms with van der Waals surface area (Å²) in [6.07, 6.45) is 5.27. The van der Waals surface area contributed by atoms with Gasteiger partial charge in [-0.1, -0.05) is 12.2 Å². The van der Waals surface area contributed by atoms with E-state index in [0.717, 1.165) is 0 Å². The van der Waals surface area contributed by atoms with Crippen LogP contribution in [0.1, 0.15) is 19.8 Å². The number of nitrogens with zero attached hydrogens (tertiary/aromatic N) is 1. The Morgan fingerprint density at radius 3 is 2.50 bits per heavy atom. The van der Waals surface area contributed by atoms with Gasteiger partial charge in [0.25, 0.3) is 0 Å². The second-order valence-corrected chi connectivity index (χ2v) is 5.56. The number of hydrogen-bond donors (Lipinski definition) is 0. The zero-order valence-electron chi connectivity index (χ0n) is 11.6. The van der Waals surface area contributed by atoms with Crippen LogP contribution < -0.4 is 9.64 Å². The fourth-order valence-electron chi connectivity index (χ4n) is 3.06. The predicted octanol–water partition coefficient (Wildman–Crippen LogP) is 2.54. The highest BCUT2D eigenvalue weighted by atomic mass is 16.5. The summed E-state index contributed by atoms with van der Waals surface area (Å²) in [5.41, 5.74) is 0.0302. The molecule has 104 valence electrons. The summed E-state index contributed by atoms with van der Waals surface area (Å²) >= 11 is 0. The van der Waals surface area contributed by atoms with Crippen LogP contribution in [0.2, 0.25) is 0 Å². The van der Waals surface area contributed by atoms with Crippen molar-refractivity contribution in [2.45, 2.75) is 19.8 Å². The Bertz CT molecular complexity index is 590. The molecule has 2 amide bonds. The third-order valence-corrected chi connectivity index (χ3v) is 4.39. The van der Waals surface area contributed by atoms with E-state index >= 15 is 0 Å². The van der Waals surface area contributed by atoms with Crippen molar-refractivity contribution in [2.24, 2.45) is 11.3 Å². The van der Waals surface area contributed by atoms with E-state index in [1.165, 1.54) is 4.90 Å². The summed E-state index contributed by atoms with van der Waals surface area (Å²) in [4.78, 5) is 26.5. The highest BCUT2D eigenvalue weighted by molar-refractivity contribution is 6.23. The van der Waals surface area contributed by atoms with Gasteiger partial charge in [0, 0.05) is 0 Å². The summed E-state index contributed by atoms with van der Waals surface area (Å²) in [5, 5.41) is 0. The van der Waals surface area contributed by atoms with E-state index in [1.807, 2.05) is 19.1 Å². The van der Waals surface area contributed by atoms with Crippen LogP contribution in [0.4, 0.5) is 5.69 Å². The average molecular weight is 271 g/mol. The number of ether oxygens (including phenoxy) is 1. The highest BCUT2D eigenvalue weighted by Crippen LogP contribution is 2.47. The first-order valence-corrected chi connectivity index (χ1v) is 6.75. The number of methoxy groups -OCH3 is 1. The molecule has 2 atom stereocenters. The lowest BCUT2D eigenvalue weighted by atomic mass is 9.72. The minimum absolute atomic E-state index is 0.0907. The molecule has 20 heavy (non-hydrogen) atoms. The fourth-order valence-corrected chi connectivity index (χ4v) is 3.06. The van der Waals surface area contributed by atoms with Gasteiger partial charge in [-0.15, -0.1) is 0 Å². The number of benzene rings is 1. The summed E-state index contributed by atoms with van der Waals surface area (Å²) < 4.78 is 5.10. The van der Waals surface area contributed by atoms with Gasteiger partial charge < -0.3 is 4.74 Å². The number of imide groups is 1. The molecular weight excluding hydrogens is 254 g/mol. The molecule has 4 nitrogen and oxygen atoms in total. The number of hydrogen-bond acceptors (Lipinski definition) is 3. The van der Waals surface area contributed by atoms with Crippen LogP contribution in [-0.4, -0.2) is 18.9 Å². The van der Waals surface area contributed by atoms with Crippen LogP contribution >= 0.6 is 0 Å². The van der Waals surface area contributed by atoms with Crippen molar-refractivity contribution in [3.63, 3.8) is 0 Å². The Balaban J connectivity index is 1.98. The van der Waals surface area contributed by atoms with Crippen LogP contribution in [0.3, 0.4) is 0 Å². The molecule has 1 heterocycles. The van der Waals surface area contributed by atoms with Crippen LogP contribution in [0, 0.1) is 11.3 Å². The van der Waals surface area contributed by atoms with Gasteiger partial charge in [0.2, 0.25) is 11.8 Å². The molecule has 0 spiro atoms. The second-order valence-electron chi connectivity index (χ2n) is 5.56. The lowest BCUT2D eigenvalue weighted by molar-refractivity contribution is -0.126. The molecular formula is C16H17NO3. The van der Waals surface area contributed by atoms with Gasteiger partial charge in [0.15, 0.2) is 0 Å². The number of rotatable bonds is 2. The Kier molecular flexibility index (Phi) is 2.89. The topological polar surface area (TPSA) is 46.6 Å². The van der Waals surface area contributed by atoms with Gasteiger partial charge in [0.05, 0.1) is 24.1 Å². The number of anilines is 1. The van der Waals surface area contributed by atoms with Crippen molar-refractivity contribution in [1.29, 1.82) is 0 Å². The van der Waals surface area contributed by atoms with E-state index in [0.29, 0.717) is 24.3 Å². The van der Waals surface area contributed by atoms with Crippen molar-refractivity contribution in [3.05, 3.63) is 36.4 Å². The average Bonchev–Trinajstić information content (AvgIpc) is 2.67. The number of fused-ring (bicyclic) bond motifs is 1. The van der Waals surface area contributed by atoms with E-state index < -0.39 is 5.41 Å². The fraction of sp³-hybridized carbons (Fsp3) is 0.375. The zero-order valence-corrected chi connectivity index (χ0v) is 11.6. The number of carbonyl (C=O) groups excluding carboxylic acids is 2. The van der Waals surface area contributed by atoms with Crippen molar-refractivity contribution < 1.29 is 14.3 Å². The molecule has 2 aliphatic rings. The maximum Gasteiger partial charge on any atom is 0.240 e. The molecule has 0 aromatic heterocycles. The summed E-state index contributed by atoms with van der Waals surface area (Å²) in [7, 11) is 1.59. The summed E-state index contributed by atoms with van der Waals surface area (Å²) in [6.45, 7) is 1.89. The number of carbonyl (C=O) groups is 2. The van der Waals surface area contributed by atoms with Gasteiger partial charge in [0.1, 0.15) is 5.75 Å². The van der Waals surface area contributed by atoms with Gasteiger partial charge in [-0.3, -0.25) is 9.59 Å². The molecule has 1 aromatic carbocycles. The van der Waals surface area contributed by atoms with E-state index in [1.54, 1.807) is 31.4 Å². The Morgan fingerprint density at radius 2 is 1.90 bits per heavy atom. The van der Waals surface area contributed by atoms with Crippen molar-refractivity contribution >= 4 is 17.5 Å². The van der Waals surface area contributed by atoms with Gasteiger partial charge in [-0.05, 0) is 44.0 Å². The van der Waals surface area contributed by atoms with E-state index in [4.69, 9.17) is 4.74 Å². The monoisotopic (exact) mass is 271 g/mol. The van der Waals surface area contributed by atoms with Crippen LogP contribution in [0.15, 0.2) is 36.4 Å². The molecule has 1 saturated heterocycles.